The molecule has 178 valence electrons. The molecule has 10 heteroatoms. The smallest absolute Gasteiger partial charge is 0.338 e. The van der Waals surface area contributed by atoms with E-state index in [4.69, 9.17) is 25.8 Å². The van der Waals surface area contributed by atoms with Gasteiger partial charge in [-0.2, -0.15) is 4.68 Å². The van der Waals surface area contributed by atoms with Crippen LogP contribution in [0.4, 0.5) is 5.95 Å². The summed E-state index contributed by atoms with van der Waals surface area (Å²) in [6, 6.07) is 12.4. The number of benzene rings is 2. The van der Waals surface area contributed by atoms with Crippen molar-refractivity contribution in [3.63, 3.8) is 0 Å². The Morgan fingerprint density at radius 2 is 1.97 bits per heavy atom. The zero-order valence-corrected chi connectivity index (χ0v) is 20.2. The van der Waals surface area contributed by atoms with Gasteiger partial charge in [0.1, 0.15) is 12.6 Å². The van der Waals surface area contributed by atoms with Crippen LogP contribution in [0.1, 0.15) is 44.9 Å². The number of anilines is 1. The SMILES string of the molecule is CCOc1cc(C2C(C(=O)OC(C)C)=C(C)Nc3nnnn32)ccc1OCc1ccccc1Cl. The summed E-state index contributed by atoms with van der Waals surface area (Å²) in [4.78, 5) is 13.0. The van der Waals surface area contributed by atoms with Gasteiger partial charge in [0.2, 0.25) is 5.95 Å². The maximum atomic E-state index is 13.0. The molecule has 0 saturated carbocycles. The number of hydrogen-bond acceptors (Lipinski definition) is 8. The first-order valence-corrected chi connectivity index (χ1v) is 11.4. The average Bonchev–Trinajstić information content (AvgIpc) is 3.26. The lowest BCUT2D eigenvalue weighted by molar-refractivity contribution is -0.143. The third kappa shape index (κ3) is 4.84. The molecule has 1 unspecified atom stereocenters. The predicted octanol–water partition coefficient (Wildman–Crippen LogP) is 4.54. The number of hydrogen-bond donors (Lipinski definition) is 1. The minimum Gasteiger partial charge on any atom is -0.490 e. The molecule has 1 aliphatic rings. The fourth-order valence-corrected chi connectivity index (χ4v) is 3.91. The highest BCUT2D eigenvalue weighted by Crippen LogP contribution is 2.39. The predicted molar refractivity (Wildman–Crippen MR) is 127 cm³/mol. The van der Waals surface area contributed by atoms with Crippen molar-refractivity contribution in [2.24, 2.45) is 0 Å². The molecule has 9 nitrogen and oxygen atoms in total. The van der Waals surface area contributed by atoms with Crippen molar-refractivity contribution < 1.29 is 19.0 Å². The Morgan fingerprint density at radius 3 is 2.71 bits per heavy atom. The maximum absolute atomic E-state index is 13.0. The van der Waals surface area contributed by atoms with E-state index < -0.39 is 12.0 Å². The normalized spacial score (nSPS) is 15.1. The third-order valence-corrected chi connectivity index (χ3v) is 5.57. The van der Waals surface area contributed by atoms with Crippen LogP contribution in [0.2, 0.25) is 5.02 Å². The molecule has 1 atom stereocenters. The lowest BCUT2D eigenvalue weighted by Crippen LogP contribution is -2.30. The number of esters is 1. The highest BCUT2D eigenvalue weighted by Gasteiger charge is 2.35. The van der Waals surface area contributed by atoms with Crippen molar-refractivity contribution >= 4 is 23.5 Å². The number of rotatable bonds is 8. The highest BCUT2D eigenvalue weighted by molar-refractivity contribution is 6.31. The van der Waals surface area contributed by atoms with E-state index in [9.17, 15) is 4.79 Å². The van der Waals surface area contributed by atoms with Gasteiger partial charge in [-0.15, -0.1) is 0 Å². The molecule has 2 aromatic carbocycles. The first-order valence-electron chi connectivity index (χ1n) is 11.0. The number of ether oxygens (including phenoxy) is 3. The second-order valence-corrected chi connectivity index (χ2v) is 8.39. The molecule has 3 aromatic rings. The molecular weight excluding hydrogens is 458 g/mol. The summed E-state index contributed by atoms with van der Waals surface area (Å²) in [6.07, 6.45) is -0.275. The van der Waals surface area contributed by atoms with Crippen LogP contribution in [0.5, 0.6) is 11.5 Å². The van der Waals surface area contributed by atoms with E-state index in [-0.39, 0.29) is 12.7 Å². The van der Waals surface area contributed by atoms with Crippen molar-refractivity contribution in [1.82, 2.24) is 20.2 Å². The van der Waals surface area contributed by atoms with Crippen LogP contribution in [-0.2, 0) is 16.1 Å². The summed E-state index contributed by atoms with van der Waals surface area (Å²) in [6.45, 7) is 8.02. The van der Waals surface area contributed by atoms with Gasteiger partial charge < -0.3 is 19.5 Å². The van der Waals surface area contributed by atoms with Crippen LogP contribution in [0.25, 0.3) is 0 Å². The molecule has 0 radical (unpaired) electrons. The second kappa shape index (κ2) is 10.1. The number of aromatic nitrogens is 4. The Labute approximate surface area is 202 Å². The zero-order valence-electron chi connectivity index (χ0n) is 19.4. The fourth-order valence-electron chi connectivity index (χ4n) is 3.72. The Bertz CT molecular complexity index is 1220. The van der Waals surface area contributed by atoms with Crippen molar-refractivity contribution in [3.05, 3.63) is 69.9 Å². The molecule has 1 aromatic heterocycles. The van der Waals surface area contributed by atoms with Crippen molar-refractivity contribution in [3.8, 4) is 11.5 Å². The minimum atomic E-state index is -0.602. The number of allylic oxidation sites excluding steroid dienone is 1. The number of tetrazole rings is 1. The molecular formula is C24H26ClN5O4. The van der Waals surface area contributed by atoms with Gasteiger partial charge in [-0.1, -0.05) is 41.0 Å². The van der Waals surface area contributed by atoms with Gasteiger partial charge in [0.25, 0.3) is 0 Å². The van der Waals surface area contributed by atoms with E-state index in [1.54, 1.807) is 25.5 Å². The maximum Gasteiger partial charge on any atom is 0.338 e. The number of carbonyl (C=O) groups excluding carboxylic acids is 1. The van der Waals surface area contributed by atoms with Gasteiger partial charge in [-0.25, -0.2) is 4.79 Å². The molecule has 0 saturated heterocycles. The fraction of sp³-hybridized carbons (Fsp3) is 0.333. The Balaban J connectivity index is 1.71. The summed E-state index contributed by atoms with van der Waals surface area (Å²) in [5, 5.41) is 15.6. The topological polar surface area (TPSA) is 100 Å². The van der Waals surface area contributed by atoms with Crippen LogP contribution in [0.3, 0.4) is 0 Å². The lowest BCUT2D eigenvalue weighted by atomic mass is 9.95. The van der Waals surface area contributed by atoms with Crippen LogP contribution in [0.15, 0.2) is 53.7 Å². The molecule has 0 amide bonds. The summed E-state index contributed by atoms with van der Waals surface area (Å²) >= 11 is 6.26. The highest BCUT2D eigenvalue weighted by atomic mass is 35.5. The van der Waals surface area contributed by atoms with Crippen molar-refractivity contribution in [2.75, 3.05) is 11.9 Å². The monoisotopic (exact) mass is 483 g/mol. The van der Waals surface area contributed by atoms with E-state index in [0.29, 0.717) is 40.3 Å². The largest absolute Gasteiger partial charge is 0.490 e. The molecule has 34 heavy (non-hydrogen) atoms. The summed E-state index contributed by atoms with van der Waals surface area (Å²) in [5.74, 6) is 1.08. The first-order chi connectivity index (χ1) is 16.4. The summed E-state index contributed by atoms with van der Waals surface area (Å²) < 4.78 is 19.0. The van der Waals surface area contributed by atoms with E-state index in [1.165, 1.54) is 0 Å². The van der Waals surface area contributed by atoms with Gasteiger partial charge in [0, 0.05) is 16.3 Å². The van der Waals surface area contributed by atoms with Crippen LogP contribution in [0, 0.1) is 0 Å². The number of carbonyl (C=O) groups is 1. The van der Waals surface area contributed by atoms with E-state index in [1.807, 2.05) is 49.4 Å². The van der Waals surface area contributed by atoms with E-state index >= 15 is 0 Å². The van der Waals surface area contributed by atoms with Gasteiger partial charge in [0.05, 0.1) is 18.3 Å². The third-order valence-electron chi connectivity index (χ3n) is 5.20. The Hall–Kier alpha value is -3.59. The van der Waals surface area contributed by atoms with Crippen LogP contribution in [-0.4, -0.2) is 38.9 Å². The minimum absolute atomic E-state index is 0.275. The van der Waals surface area contributed by atoms with Gasteiger partial charge in [0.15, 0.2) is 11.5 Å². The second-order valence-electron chi connectivity index (χ2n) is 7.99. The Morgan fingerprint density at radius 1 is 1.18 bits per heavy atom. The number of fused-ring (bicyclic) bond motifs is 1. The molecule has 2 heterocycles. The molecule has 0 aliphatic carbocycles. The molecule has 0 bridgehead atoms. The van der Waals surface area contributed by atoms with Crippen molar-refractivity contribution in [1.29, 1.82) is 0 Å². The molecule has 4 rings (SSSR count). The van der Waals surface area contributed by atoms with Gasteiger partial charge >= 0.3 is 5.97 Å². The number of nitrogens with one attached hydrogen (secondary N) is 1. The summed E-state index contributed by atoms with van der Waals surface area (Å²) in [7, 11) is 0. The molecule has 0 fully saturated rings. The van der Waals surface area contributed by atoms with Gasteiger partial charge in [-0.3, -0.25) is 0 Å². The summed E-state index contributed by atoms with van der Waals surface area (Å²) in [5.41, 5.74) is 2.65. The van der Waals surface area contributed by atoms with Crippen LogP contribution < -0.4 is 14.8 Å². The van der Waals surface area contributed by atoms with Crippen LogP contribution >= 0.6 is 11.6 Å². The standard InChI is InChI=1S/C24H26ClN5O4/c1-5-32-20-12-16(10-11-19(20)33-13-17-8-6-7-9-18(17)25)22-21(23(31)34-14(2)3)15(4)26-24-27-28-29-30(22)24/h6-12,14,22H,5,13H2,1-4H3,(H,26,27,29). The molecule has 1 N–H and O–H groups in total. The Kier molecular flexibility index (Phi) is 7.02. The average molecular weight is 484 g/mol. The van der Waals surface area contributed by atoms with Crippen molar-refractivity contribution in [2.45, 2.75) is 46.4 Å². The zero-order chi connectivity index (χ0) is 24.2. The van der Waals surface area contributed by atoms with E-state index in [2.05, 4.69) is 20.8 Å². The van der Waals surface area contributed by atoms with E-state index in [0.717, 1.165) is 11.1 Å². The number of nitrogens with zero attached hydrogens (tertiary/aromatic N) is 4. The van der Waals surface area contributed by atoms with Gasteiger partial charge in [-0.05, 0) is 61.9 Å². The quantitative estimate of drug-likeness (QED) is 0.466. The molecule has 1 aliphatic heterocycles. The lowest BCUT2D eigenvalue weighted by Gasteiger charge is -2.28. The molecule has 0 spiro atoms. The first kappa shape index (κ1) is 23.6. The number of halogens is 1.